The Kier molecular flexibility index (Phi) is 8.29. The van der Waals surface area contributed by atoms with Crippen LogP contribution in [0.25, 0.3) is 33.7 Å². The number of pyridine rings is 1. The quantitative estimate of drug-likeness (QED) is 0.130. The first-order valence-corrected chi connectivity index (χ1v) is 15.9. The molecule has 0 amide bonds. The second-order valence-electron chi connectivity index (χ2n) is 13.8. The summed E-state index contributed by atoms with van der Waals surface area (Å²) in [5.74, 6) is 0. The average molecular weight is 781 g/mol. The number of nitrogens with zero attached hydrogens (tertiary/aromatic N) is 4. The Bertz CT molecular complexity index is 1980. The topological polar surface area (TPSA) is 24.9 Å². The fraction of sp³-hybridized carbons (Fsp3) is 0.268. The summed E-state index contributed by atoms with van der Waals surface area (Å²) in [6.45, 7) is 13.9. The van der Waals surface area contributed by atoms with Crippen LogP contribution < -0.4 is 9.47 Å². The molecule has 1 aliphatic carbocycles. The van der Waals surface area contributed by atoms with Crippen molar-refractivity contribution >= 4 is 22.4 Å². The summed E-state index contributed by atoms with van der Waals surface area (Å²) in [6, 6.07) is 36.3. The van der Waals surface area contributed by atoms with Crippen molar-refractivity contribution in [2.24, 2.45) is 0 Å². The van der Waals surface area contributed by atoms with E-state index in [0.717, 1.165) is 16.9 Å². The van der Waals surface area contributed by atoms with Gasteiger partial charge in [-0.05, 0) is 67.4 Å². The van der Waals surface area contributed by atoms with Gasteiger partial charge in [0.1, 0.15) is 5.52 Å². The molecule has 2 aromatic heterocycles. The van der Waals surface area contributed by atoms with Crippen molar-refractivity contribution in [3.05, 3.63) is 132 Å². The van der Waals surface area contributed by atoms with Crippen molar-refractivity contribution in [1.29, 1.82) is 0 Å². The molecule has 0 bridgehead atoms. The molecule has 4 aromatic carbocycles. The van der Waals surface area contributed by atoms with Crippen LogP contribution in [0.1, 0.15) is 62.8 Å². The number of anilines is 2. The van der Waals surface area contributed by atoms with Crippen LogP contribution in [0.2, 0.25) is 0 Å². The van der Waals surface area contributed by atoms with E-state index in [0.29, 0.717) is 0 Å². The maximum absolute atomic E-state index is 4.22. The SMILES string of the molecule is Cc1cccc(C)c1-n1[c-][n+]2c3c(cccc31)N(C)c1cc3c([c-]c1-2)C(C)(C)CCC3(C)C.[Ir+3].[c-]1ccccc1-c1ccccn1. The van der Waals surface area contributed by atoms with E-state index in [1.807, 2.05) is 42.5 Å². The number of benzene rings is 4. The molecule has 8 rings (SSSR count). The molecule has 2 aliphatic rings. The van der Waals surface area contributed by atoms with Crippen molar-refractivity contribution in [3.63, 3.8) is 0 Å². The number of hydrogen-bond donors (Lipinski definition) is 0. The molecular formula is C41H40IrN4+. The summed E-state index contributed by atoms with van der Waals surface area (Å²) < 4.78 is 4.50. The van der Waals surface area contributed by atoms with Crippen molar-refractivity contribution in [2.75, 3.05) is 11.9 Å². The minimum Gasteiger partial charge on any atom is -0.404 e. The molecule has 6 aromatic rings. The van der Waals surface area contributed by atoms with Gasteiger partial charge in [-0.2, -0.15) is 11.6 Å². The number of aromatic nitrogens is 3. The van der Waals surface area contributed by atoms with Gasteiger partial charge < -0.3 is 14.5 Å². The van der Waals surface area contributed by atoms with Gasteiger partial charge >= 0.3 is 20.1 Å². The smallest absolute Gasteiger partial charge is 0.404 e. The Morgan fingerprint density at radius 1 is 0.804 bits per heavy atom. The van der Waals surface area contributed by atoms with Gasteiger partial charge in [-0.1, -0.05) is 87.7 Å². The van der Waals surface area contributed by atoms with Gasteiger partial charge in [-0.3, -0.25) is 4.57 Å². The van der Waals surface area contributed by atoms with Gasteiger partial charge in [0.15, 0.2) is 0 Å². The molecule has 0 unspecified atom stereocenters. The van der Waals surface area contributed by atoms with E-state index in [9.17, 15) is 0 Å². The number of rotatable bonds is 2. The summed E-state index contributed by atoms with van der Waals surface area (Å²) in [5.41, 5.74) is 14.7. The average Bonchev–Trinajstić information content (AvgIpc) is 3.43. The van der Waals surface area contributed by atoms with E-state index in [4.69, 9.17) is 0 Å². The van der Waals surface area contributed by atoms with Crippen molar-refractivity contribution < 1.29 is 24.7 Å². The minimum atomic E-state index is 0. The van der Waals surface area contributed by atoms with Crippen LogP contribution in [-0.2, 0) is 30.9 Å². The zero-order chi connectivity index (χ0) is 31.5. The van der Waals surface area contributed by atoms with Crippen LogP contribution in [-0.4, -0.2) is 16.6 Å². The largest absolute Gasteiger partial charge is 3.00 e. The van der Waals surface area contributed by atoms with Crippen molar-refractivity contribution in [2.45, 2.75) is 65.2 Å². The van der Waals surface area contributed by atoms with Crippen molar-refractivity contribution in [3.8, 4) is 22.6 Å². The predicted octanol–water partition coefficient (Wildman–Crippen LogP) is 9.10. The van der Waals surface area contributed by atoms with E-state index in [-0.39, 0.29) is 30.9 Å². The maximum atomic E-state index is 4.22. The Morgan fingerprint density at radius 3 is 2.22 bits per heavy atom. The normalized spacial score (nSPS) is 15.2. The number of hydrogen-bond acceptors (Lipinski definition) is 2. The molecule has 0 saturated carbocycles. The maximum Gasteiger partial charge on any atom is 3.00 e. The molecule has 0 fully saturated rings. The van der Waals surface area contributed by atoms with Gasteiger partial charge in [0.05, 0.1) is 11.2 Å². The third-order valence-electron chi connectivity index (χ3n) is 9.73. The minimum absolute atomic E-state index is 0. The van der Waals surface area contributed by atoms with E-state index in [1.54, 1.807) is 6.20 Å². The first-order valence-electron chi connectivity index (χ1n) is 15.9. The zero-order valence-electron chi connectivity index (χ0n) is 27.7. The Morgan fingerprint density at radius 2 is 1.52 bits per heavy atom. The number of aryl methyl sites for hydroxylation is 2. The first kappa shape index (κ1) is 31.9. The molecule has 232 valence electrons. The summed E-state index contributed by atoms with van der Waals surface area (Å²) in [5, 5.41) is 0. The Balaban J connectivity index is 0.000000241. The van der Waals surface area contributed by atoms with Crippen LogP contribution in [0.4, 0.5) is 11.4 Å². The fourth-order valence-corrected chi connectivity index (χ4v) is 7.00. The first-order chi connectivity index (χ1) is 21.6. The van der Waals surface area contributed by atoms with Crippen LogP contribution in [0.15, 0.2) is 91.1 Å². The third-order valence-corrected chi connectivity index (χ3v) is 9.73. The second kappa shape index (κ2) is 12.0. The monoisotopic (exact) mass is 781 g/mol. The van der Waals surface area contributed by atoms with Gasteiger partial charge in [-0.25, -0.2) is 0 Å². The summed E-state index contributed by atoms with van der Waals surface area (Å²) >= 11 is 0. The van der Waals surface area contributed by atoms with Gasteiger partial charge in [0, 0.05) is 11.9 Å². The fourth-order valence-electron chi connectivity index (χ4n) is 7.00. The molecular weight excluding hydrogens is 741 g/mol. The molecule has 0 saturated heterocycles. The van der Waals surface area contributed by atoms with E-state index < -0.39 is 0 Å². The van der Waals surface area contributed by atoms with E-state index >= 15 is 0 Å². The molecule has 3 heterocycles. The molecule has 0 N–H and O–H groups in total. The standard InChI is InChI=1S/C30H32N3.C11H8N.Ir/c1-19-10-8-11-20(2)27(19)32-18-33-26-17-22-21(29(3,4)14-15-30(22,5)6)16-25(26)31(7)23-12-9-13-24(32)28(23)33;1-2-6-10(7-3-1)11-8-4-5-9-12-11;/h8-13,16H,14-15H2,1-7H3;1-6,8-9H;/q2*-1;+3. The number of para-hydroxylation sites is 2. The second-order valence-corrected chi connectivity index (χ2v) is 13.8. The zero-order valence-corrected chi connectivity index (χ0v) is 30.1. The molecule has 0 radical (unpaired) electrons. The van der Waals surface area contributed by atoms with Gasteiger partial charge in [0.25, 0.3) is 6.33 Å². The third kappa shape index (κ3) is 5.30. The van der Waals surface area contributed by atoms with Crippen LogP contribution in [0.3, 0.4) is 0 Å². The molecule has 0 atom stereocenters. The number of imidazole rings is 1. The van der Waals surface area contributed by atoms with E-state index in [1.165, 1.54) is 63.2 Å². The molecule has 1 aliphatic heterocycles. The predicted molar refractivity (Wildman–Crippen MR) is 184 cm³/mol. The van der Waals surface area contributed by atoms with E-state index in [2.05, 4.69) is 129 Å². The Labute approximate surface area is 287 Å². The van der Waals surface area contributed by atoms with Crippen molar-refractivity contribution in [1.82, 2.24) is 9.55 Å². The number of fused-ring (bicyclic) bond motifs is 3. The van der Waals surface area contributed by atoms with Crippen LogP contribution in [0, 0.1) is 32.3 Å². The van der Waals surface area contributed by atoms with Gasteiger partial charge in [0.2, 0.25) is 0 Å². The van der Waals surface area contributed by atoms with Crippen LogP contribution >= 0.6 is 0 Å². The van der Waals surface area contributed by atoms with Crippen LogP contribution in [0.5, 0.6) is 0 Å². The summed E-state index contributed by atoms with van der Waals surface area (Å²) in [7, 11) is 2.19. The molecule has 0 spiro atoms. The summed E-state index contributed by atoms with van der Waals surface area (Å²) in [4.78, 5) is 6.56. The summed E-state index contributed by atoms with van der Waals surface area (Å²) in [6.07, 6.45) is 7.91. The molecule has 46 heavy (non-hydrogen) atoms. The Hall–Kier alpha value is -4.05. The molecule has 5 heteroatoms. The van der Waals surface area contributed by atoms with Gasteiger partial charge in [-0.15, -0.1) is 47.5 Å². The molecule has 4 nitrogen and oxygen atoms in total.